The fourth-order valence-corrected chi connectivity index (χ4v) is 2.82. The lowest BCUT2D eigenvalue weighted by atomic mass is 9.95. The van der Waals surface area contributed by atoms with E-state index in [9.17, 15) is 16.8 Å². The van der Waals surface area contributed by atoms with Gasteiger partial charge in [-0.3, -0.25) is 8.37 Å². The van der Waals surface area contributed by atoms with Crippen LogP contribution in [0.5, 0.6) is 5.75 Å². The van der Waals surface area contributed by atoms with Gasteiger partial charge in [0.25, 0.3) is 20.2 Å². The van der Waals surface area contributed by atoms with Crippen molar-refractivity contribution in [3.05, 3.63) is 29.8 Å². The van der Waals surface area contributed by atoms with Crippen LogP contribution in [0.2, 0.25) is 0 Å². The number of hydrogen-bond acceptors (Lipinski definition) is 7. The Labute approximate surface area is 137 Å². The van der Waals surface area contributed by atoms with Gasteiger partial charge in [-0.05, 0) is 30.5 Å². The summed E-state index contributed by atoms with van der Waals surface area (Å²) in [4.78, 5) is 0. The molecule has 0 saturated heterocycles. The molecule has 132 valence electrons. The first-order chi connectivity index (χ1) is 10.6. The Kier molecular flexibility index (Phi) is 7.46. The van der Waals surface area contributed by atoms with Crippen LogP contribution in [0.25, 0.3) is 0 Å². The third kappa shape index (κ3) is 8.89. The fourth-order valence-electron chi connectivity index (χ4n) is 1.99. The van der Waals surface area contributed by atoms with Gasteiger partial charge in [-0.2, -0.15) is 16.8 Å². The van der Waals surface area contributed by atoms with Crippen molar-refractivity contribution in [2.24, 2.45) is 0 Å². The van der Waals surface area contributed by atoms with Gasteiger partial charge in [0.2, 0.25) is 0 Å². The molecule has 0 radical (unpaired) electrons. The van der Waals surface area contributed by atoms with Crippen LogP contribution in [0.4, 0.5) is 0 Å². The van der Waals surface area contributed by atoms with Crippen LogP contribution in [-0.4, -0.2) is 49.7 Å². The molecule has 0 aromatic heterocycles. The minimum Gasteiger partial charge on any atom is -0.497 e. The Morgan fingerprint density at radius 3 is 2.26 bits per heavy atom. The summed E-state index contributed by atoms with van der Waals surface area (Å²) in [7, 11) is -5.49. The third-order valence-electron chi connectivity index (χ3n) is 3.04. The van der Waals surface area contributed by atoms with E-state index in [1.807, 2.05) is 6.07 Å². The lowest BCUT2D eigenvalue weighted by molar-refractivity contribution is 0.267. The summed E-state index contributed by atoms with van der Waals surface area (Å²) in [6, 6.07) is 7.23. The molecule has 0 aliphatic rings. The van der Waals surface area contributed by atoms with Crippen molar-refractivity contribution in [1.29, 1.82) is 0 Å². The molecule has 0 N–H and O–H groups in total. The summed E-state index contributed by atoms with van der Waals surface area (Å²) in [5, 5.41) is 0. The first-order valence-electron chi connectivity index (χ1n) is 6.93. The largest absolute Gasteiger partial charge is 0.497 e. The van der Waals surface area contributed by atoms with Crippen molar-refractivity contribution in [1.82, 2.24) is 0 Å². The highest BCUT2D eigenvalue weighted by molar-refractivity contribution is 7.86. The van der Waals surface area contributed by atoms with Gasteiger partial charge in [0.15, 0.2) is 0 Å². The summed E-state index contributed by atoms with van der Waals surface area (Å²) < 4.78 is 59.0. The molecule has 0 spiro atoms. The minimum atomic E-state index is -3.56. The molecule has 0 amide bonds. The van der Waals surface area contributed by atoms with E-state index in [1.165, 1.54) is 0 Å². The van der Waals surface area contributed by atoms with E-state index < -0.39 is 20.2 Å². The Hall–Kier alpha value is -1.16. The van der Waals surface area contributed by atoms with Crippen molar-refractivity contribution in [2.45, 2.75) is 18.8 Å². The first kappa shape index (κ1) is 19.9. The van der Waals surface area contributed by atoms with E-state index in [0.717, 1.165) is 18.1 Å². The average molecular weight is 366 g/mol. The van der Waals surface area contributed by atoms with Crippen LogP contribution < -0.4 is 4.74 Å². The van der Waals surface area contributed by atoms with Crippen LogP contribution >= 0.6 is 0 Å². The molecular weight excluding hydrogens is 344 g/mol. The monoisotopic (exact) mass is 366 g/mol. The van der Waals surface area contributed by atoms with Crippen molar-refractivity contribution < 1.29 is 29.9 Å². The maximum absolute atomic E-state index is 11.2. The Balaban J connectivity index is 2.75. The topological polar surface area (TPSA) is 96.0 Å². The van der Waals surface area contributed by atoms with Gasteiger partial charge < -0.3 is 4.74 Å². The predicted octanol–water partition coefficient (Wildman–Crippen LogP) is 1.51. The maximum atomic E-state index is 11.2. The lowest BCUT2D eigenvalue weighted by Gasteiger charge is -2.17. The molecule has 1 aromatic rings. The summed E-state index contributed by atoms with van der Waals surface area (Å²) >= 11 is 0. The van der Waals surface area contributed by atoms with Crippen molar-refractivity contribution in [3.63, 3.8) is 0 Å². The first-order valence-corrected chi connectivity index (χ1v) is 10.6. The van der Waals surface area contributed by atoms with Crippen molar-refractivity contribution >= 4 is 20.2 Å². The van der Waals surface area contributed by atoms with E-state index in [1.54, 1.807) is 25.3 Å². The van der Waals surface area contributed by atoms with Crippen LogP contribution in [-0.2, 0) is 28.6 Å². The van der Waals surface area contributed by atoms with Gasteiger partial charge in [-0.15, -0.1) is 0 Å². The van der Waals surface area contributed by atoms with Crippen LogP contribution in [0.1, 0.15) is 24.3 Å². The number of rotatable bonds is 10. The van der Waals surface area contributed by atoms with Gasteiger partial charge in [-0.1, -0.05) is 12.1 Å². The molecule has 0 saturated carbocycles. The minimum absolute atomic E-state index is 0.0229. The smallest absolute Gasteiger partial charge is 0.264 e. The molecule has 7 nitrogen and oxygen atoms in total. The molecule has 1 rings (SSSR count). The second-order valence-corrected chi connectivity index (χ2v) is 8.42. The zero-order valence-corrected chi connectivity index (χ0v) is 15.0. The third-order valence-corrected chi connectivity index (χ3v) is 4.20. The van der Waals surface area contributed by atoms with Gasteiger partial charge in [0, 0.05) is 5.92 Å². The zero-order chi connectivity index (χ0) is 17.5. The second-order valence-electron chi connectivity index (χ2n) is 5.13. The van der Waals surface area contributed by atoms with E-state index >= 15 is 0 Å². The molecule has 0 aliphatic carbocycles. The highest BCUT2D eigenvalue weighted by Crippen LogP contribution is 2.25. The molecule has 0 heterocycles. The molecule has 1 aromatic carbocycles. The predicted molar refractivity (Wildman–Crippen MR) is 86.6 cm³/mol. The van der Waals surface area contributed by atoms with E-state index in [0.29, 0.717) is 18.6 Å². The van der Waals surface area contributed by atoms with Crippen molar-refractivity contribution in [3.8, 4) is 5.75 Å². The van der Waals surface area contributed by atoms with Crippen LogP contribution in [0.3, 0.4) is 0 Å². The van der Waals surface area contributed by atoms with Crippen LogP contribution in [0, 0.1) is 0 Å². The van der Waals surface area contributed by atoms with E-state index in [2.05, 4.69) is 0 Å². The molecule has 9 heteroatoms. The van der Waals surface area contributed by atoms with Gasteiger partial charge in [0.05, 0.1) is 32.8 Å². The van der Waals surface area contributed by atoms with Gasteiger partial charge in [0.1, 0.15) is 5.75 Å². The molecule has 0 fully saturated rings. The number of benzene rings is 1. The highest BCUT2D eigenvalue weighted by Gasteiger charge is 2.16. The Morgan fingerprint density at radius 2 is 1.70 bits per heavy atom. The quantitative estimate of drug-likeness (QED) is 0.457. The van der Waals surface area contributed by atoms with E-state index in [-0.39, 0.29) is 19.1 Å². The Morgan fingerprint density at radius 1 is 1.04 bits per heavy atom. The van der Waals surface area contributed by atoms with Crippen molar-refractivity contribution in [2.75, 3.05) is 32.8 Å². The number of methoxy groups -OCH3 is 1. The van der Waals surface area contributed by atoms with Gasteiger partial charge in [-0.25, -0.2) is 0 Å². The maximum Gasteiger partial charge on any atom is 0.264 e. The average Bonchev–Trinajstić information content (AvgIpc) is 2.44. The lowest BCUT2D eigenvalue weighted by Crippen LogP contribution is -2.14. The summed E-state index contributed by atoms with van der Waals surface area (Å²) in [5.74, 6) is 0.433. The second kappa shape index (κ2) is 8.62. The summed E-state index contributed by atoms with van der Waals surface area (Å²) in [6.07, 6.45) is 2.93. The molecular formula is C14H22O7S2. The molecule has 0 bridgehead atoms. The normalized spacial score (nSPS) is 13.7. The number of hydrogen-bond donors (Lipinski definition) is 0. The number of ether oxygens (including phenoxy) is 1. The fraction of sp³-hybridized carbons (Fsp3) is 0.571. The standard InChI is InChI=1S/C14H22O7S2/c1-19-14-8-4-6-12(10-14)13(11-21-23(3,17)18)7-5-9-20-22(2,15)16/h4,6,8,10,13H,5,7,9,11H2,1-3H3. The summed E-state index contributed by atoms with van der Waals surface area (Å²) in [6.45, 7) is 0.0169. The molecule has 1 unspecified atom stereocenters. The molecule has 0 aliphatic heterocycles. The SMILES string of the molecule is COc1cccc(C(CCCOS(C)(=O)=O)COS(C)(=O)=O)c1. The highest BCUT2D eigenvalue weighted by atomic mass is 32.2. The van der Waals surface area contributed by atoms with E-state index in [4.69, 9.17) is 13.1 Å². The molecule has 1 atom stereocenters. The zero-order valence-electron chi connectivity index (χ0n) is 13.4. The summed E-state index contributed by atoms with van der Waals surface area (Å²) in [5.41, 5.74) is 0.854. The molecule has 23 heavy (non-hydrogen) atoms. The Bertz CT molecular complexity index is 696. The van der Waals surface area contributed by atoms with Gasteiger partial charge >= 0.3 is 0 Å². The van der Waals surface area contributed by atoms with Crippen LogP contribution in [0.15, 0.2) is 24.3 Å².